The van der Waals surface area contributed by atoms with Crippen molar-refractivity contribution in [3.05, 3.63) is 58.6 Å². The van der Waals surface area contributed by atoms with Gasteiger partial charge in [-0.05, 0) is 36.4 Å². The summed E-state index contributed by atoms with van der Waals surface area (Å²) in [6, 6.07) is 13.6. The summed E-state index contributed by atoms with van der Waals surface area (Å²) in [4.78, 5) is 24.3. The minimum Gasteiger partial charge on any atom is -0.272 e. The standard InChI is InChI=1S/C15H10Cl2N2O2/c16-10-3-1-5-12(7-10)18-14(20)9-15(21)19(18)13-6-2-4-11(17)8-13/h1-8H,9H2. The fraction of sp³-hybridized carbons (Fsp3) is 0.0667. The number of halogens is 2. The van der Waals surface area contributed by atoms with E-state index in [0.29, 0.717) is 21.4 Å². The molecule has 2 aromatic carbocycles. The third-order valence-electron chi connectivity index (χ3n) is 3.08. The highest BCUT2D eigenvalue weighted by Gasteiger charge is 2.38. The van der Waals surface area contributed by atoms with E-state index in [2.05, 4.69) is 0 Å². The van der Waals surface area contributed by atoms with Gasteiger partial charge in [0.25, 0.3) is 11.8 Å². The fourth-order valence-electron chi connectivity index (χ4n) is 2.24. The lowest BCUT2D eigenvalue weighted by molar-refractivity contribution is -0.121. The number of hydrogen-bond acceptors (Lipinski definition) is 2. The van der Waals surface area contributed by atoms with Crippen molar-refractivity contribution in [3.63, 3.8) is 0 Å². The van der Waals surface area contributed by atoms with E-state index in [1.807, 2.05) is 0 Å². The van der Waals surface area contributed by atoms with Gasteiger partial charge in [-0.25, -0.2) is 10.0 Å². The van der Waals surface area contributed by atoms with Crippen LogP contribution in [0.5, 0.6) is 0 Å². The summed E-state index contributed by atoms with van der Waals surface area (Å²) in [5.74, 6) is -0.607. The molecule has 1 aliphatic heterocycles. The van der Waals surface area contributed by atoms with E-state index in [-0.39, 0.29) is 18.2 Å². The first-order chi connectivity index (χ1) is 10.1. The Morgan fingerprint density at radius 2 is 1.19 bits per heavy atom. The average Bonchev–Trinajstić information content (AvgIpc) is 2.73. The van der Waals surface area contributed by atoms with Crippen LogP contribution in [-0.4, -0.2) is 11.8 Å². The largest absolute Gasteiger partial charge is 0.272 e. The van der Waals surface area contributed by atoms with Gasteiger partial charge in [-0.1, -0.05) is 35.3 Å². The van der Waals surface area contributed by atoms with Gasteiger partial charge >= 0.3 is 0 Å². The monoisotopic (exact) mass is 320 g/mol. The molecule has 0 spiro atoms. The number of rotatable bonds is 2. The van der Waals surface area contributed by atoms with Gasteiger partial charge in [0, 0.05) is 10.0 Å². The molecule has 1 heterocycles. The van der Waals surface area contributed by atoms with Crippen molar-refractivity contribution >= 4 is 46.4 Å². The molecule has 0 unspecified atom stereocenters. The van der Waals surface area contributed by atoms with Crippen molar-refractivity contribution in [1.29, 1.82) is 0 Å². The van der Waals surface area contributed by atoms with Gasteiger partial charge in [0.1, 0.15) is 6.42 Å². The molecule has 4 nitrogen and oxygen atoms in total. The zero-order chi connectivity index (χ0) is 15.0. The zero-order valence-corrected chi connectivity index (χ0v) is 12.3. The number of hydrazine groups is 1. The van der Waals surface area contributed by atoms with Crippen LogP contribution in [-0.2, 0) is 9.59 Å². The molecule has 0 N–H and O–H groups in total. The Kier molecular flexibility index (Phi) is 3.57. The van der Waals surface area contributed by atoms with Crippen LogP contribution < -0.4 is 10.0 Å². The molecule has 0 aromatic heterocycles. The highest BCUT2D eigenvalue weighted by atomic mass is 35.5. The SMILES string of the molecule is O=C1CC(=O)N(c2cccc(Cl)c2)N1c1cccc(Cl)c1. The molecule has 0 bridgehead atoms. The highest BCUT2D eigenvalue weighted by Crippen LogP contribution is 2.31. The number of carbonyl (C=O) groups excluding carboxylic acids is 2. The van der Waals surface area contributed by atoms with Crippen LogP contribution >= 0.6 is 23.2 Å². The highest BCUT2D eigenvalue weighted by molar-refractivity contribution is 6.31. The Hall–Kier alpha value is -2.04. The summed E-state index contributed by atoms with van der Waals surface area (Å²) in [5, 5.41) is 3.62. The maximum absolute atomic E-state index is 12.2. The van der Waals surface area contributed by atoms with Crippen LogP contribution in [0.1, 0.15) is 6.42 Å². The van der Waals surface area contributed by atoms with E-state index in [1.165, 1.54) is 10.0 Å². The third kappa shape index (κ3) is 2.60. The number of carbonyl (C=O) groups is 2. The van der Waals surface area contributed by atoms with E-state index < -0.39 is 0 Å². The Bertz CT molecular complexity index is 672. The van der Waals surface area contributed by atoms with Crippen molar-refractivity contribution in [2.75, 3.05) is 10.0 Å². The number of nitrogens with zero attached hydrogens (tertiary/aromatic N) is 2. The molecular formula is C15H10Cl2N2O2. The Morgan fingerprint density at radius 3 is 1.57 bits per heavy atom. The minimum absolute atomic E-state index is 0.182. The van der Waals surface area contributed by atoms with Gasteiger partial charge in [-0.3, -0.25) is 9.59 Å². The average molecular weight is 321 g/mol. The molecule has 1 saturated heterocycles. The number of anilines is 2. The van der Waals surface area contributed by atoms with Crippen molar-refractivity contribution in [2.45, 2.75) is 6.42 Å². The van der Waals surface area contributed by atoms with Gasteiger partial charge in [-0.2, -0.15) is 0 Å². The van der Waals surface area contributed by atoms with Gasteiger partial charge in [0.05, 0.1) is 11.4 Å². The van der Waals surface area contributed by atoms with Crippen molar-refractivity contribution < 1.29 is 9.59 Å². The smallest absolute Gasteiger partial charge is 0.255 e. The Balaban J connectivity index is 2.08. The van der Waals surface area contributed by atoms with Crippen molar-refractivity contribution in [2.24, 2.45) is 0 Å². The summed E-state index contributed by atoms with van der Waals surface area (Å²) in [6.07, 6.45) is -0.182. The molecule has 2 amide bonds. The molecule has 21 heavy (non-hydrogen) atoms. The van der Waals surface area contributed by atoms with Crippen molar-refractivity contribution in [1.82, 2.24) is 0 Å². The van der Waals surface area contributed by atoms with Crippen LogP contribution in [0.2, 0.25) is 10.0 Å². The molecule has 3 rings (SSSR count). The lowest BCUT2D eigenvalue weighted by Crippen LogP contribution is -2.41. The molecular weight excluding hydrogens is 311 g/mol. The second-order valence-corrected chi connectivity index (χ2v) is 5.42. The first-order valence-corrected chi connectivity index (χ1v) is 6.99. The van der Waals surface area contributed by atoms with E-state index in [1.54, 1.807) is 48.5 Å². The molecule has 106 valence electrons. The second-order valence-electron chi connectivity index (χ2n) is 4.55. The Morgan fingerprint density at radius 1 is 0.762 bits per heavy atom. The fourth-order valence-corrected chi connectivity index (χ4v) is 2.61. The second kappa shape index (κ2) is 5.39. The molecule has 0 atom stereocenters. The van der Waals surface area contributed by atoms with Crippen LogP contribution in [0.3, 0.4) is 0 Å². The molecule has 1 fully saturated rings. The van der Waals surface area contributed by atoms with Gasteiger partial charge in [0.2, 0.25) is 0 Å². The number of amides is 2. The van der Waals surface area contributed by atoms with E-state index in [9.17, 15) is 9.59 Å². The lowest BCUT2D eigenvalue weighted by Gasteiger charge is -2.28. The van der Waals surface area contributed by atoms with Crippen molar-refractivity contribution in [3.8, 4) is 0 Å². The van der Waals surface area contributed by atoms with Crippen LogP contribution in [0.4, 0.5) is 11.4 Å². The summed E-state index contributed by atoms with van der Waals surface area (Å²) in [6.45, 7) is 0. The molecule has 0 saturated carbocycles. The maximum atomic E-state index is 12.2. The third-order valence-corrected chi connectivity index (χ3v) is 3.55. The molecule has 2 aromatic rings. The minimum atomic E-state index is -0.303. The maximum Gasteiger partial charge on any atom is 0.255 e. The summed E-state index contributed by atoms with van der Waals surface area (Å²) >= 11 is 11.9. The number of benzene rings is 2. The summed E-state index contributed by atoms with van der Waals surface area (Å²) in [5.41, 5.74) is 1.08. The van der Waals surface area contributed by atoms with Gasteiger partial charge in [-0.15, -0.1) is 0 Å². The summed E-state index contributed by atoms with van der Waals surface area (Å²) < 4.78 is 0. The quantitative estimate of drug-likeness (QED) is 0.792. The number of hydrogen-bond donors (Lipinski definition) is 0. The first kappa shape index (κ1) is 13.9. The molecule has 1 aliphatic rings. The van der Waals surface area contributed by atoms with E-state index in [4.69, 9.17) is 23.2 Å². The van der Waals surface area contributed by atoms with Crippen LogP contribution in [0.25, 0.3) is 0 Å². The van der Waals surface area contributed by atoms with E-state index in [0.717, 1.165) is 0 Å². The molecule has 0 radical (unpaired) electrons. The van der Waals surface area contributed by atoms with Crippen LogP contribution in [0.15, 0.2) is 48.5 Å². The van der Waals surface area contributed by atoms with Crippen LogP contribution in [0, 0.1) is 0 Å². The Labute approximate surface area is 131 Å². The predicted octanol–water partition coefficient (Wildman–Crippen LogP) is 3.68. The molecule has 6 heteroatoms. The lowest BCUT2D eigenvalue weighted by atomic mass is 10.3. The molecule has 0 aliphatic carbocycles. The predicted molar refractivity (Wildman–Crippen MR) is 82.5 cm³/mol. The van der Waals surface area contributed by atoms with Gasteiger partial charge < -0.3 is 0 Å². The van der Waals surface area contributed by atoms with E-state index >= 15 is 0 Å². The normalized spacial score (nSPS) is 15.0. The first-order valence-electron chi connectivity index (χ1n) is 6.23. The zero-order valence-electron chi connectivity index (χ0n) is 10.8. The van der Waals surface area contributed by atoms with Gasteiger partial charge in [0.15, 0.2) is 0 Å². The topological polar surface area (TPSA) is 40.6 Å². The summed E-state index contributed by atoms with van der Waals surface area (Å²) in [7, 11) is 0.